The summed E-state index contributed by atoms with van der Waals surface area (Å²) in [5.41, 5.74) is 9.47. The summed E-state index contributed by atoms with van der Waals surface area (Å²) in [4.78, 5) is 28.2. The van der Waals surface area contributed by atoms with E-state index in [0.717, 1.165) is 28.9 Å². The number of nitrogens with two attached hydrogens (primary N) is 1. The fourth-order valence-corrected chi connectivity index (χ4v) is 3.30. The Balaban J connectivity index is 1.86. The molecule has 140 valence electrons. The normalized spacial score (nSPS) is 13.0. The molecule has 2 N–H and O–H groups in total. The molecule has 5 heteroatoms. The summed E-state index contributed by atoms with van der Waals surface area (Å²) >= 11 is 0. The topological polar surface area (TPSA) is 66.6 Å². The predicted molar refractivity (Wildman–Crippen MR) is 110 cm³/mol. The van der Waals surface area contributed by atoms with E-state index in [0.29, 0.717) is 26.1 Å². The Labute approximate surface area is 160 Å². The molecule has 1 aliphatic heterocycles. The molecule has 2 aromatic rings. The number of fused-ring (bicyclic) bond motifs is 1. The van der Waals surface area contributed by atoms with Crippen molar-refractivity contribution >= 4 is 29.3 Å². The standard InChI is InChI=1S/C22H25N3O2/c1-17(26)24-15-12-19-9-10-20(16-21(19)24)25(14-5-13-23)22(27)11-8-18-6-3-2-4-7-18/h2-4,6-11,16H,5,12-15,23H2,1H3. The fourth-order valence-electron chi connectivity index (χ4n) is 3.30. The molecule has 0 radical (unpaired) electrons. The van der Waals surface area contributed by atoms with Crippen molar-refractivity contribution in [2.24, 2.45) is 5.73 Å². The van der Waals surface area contributed by atoms with Gasteiger partial charge in [-0.15, -0.1) is 0 Å². The number of amides is 2. The summed E-state index contributed by atoms with van der Waals surface area (Å²) in [6.07, 6.45) is 4.95. The third-order valence-electron chi connectivity index (χ3n) is 4.73. The molecule has 0 bridgehead atoms. The number of nitrogens with zero attached hydrogens (tertiary/aromatic N) is 2. The van der Waals surface area contributed by atoms with E-state index in [1.165, 1.54) is 0 Å². The lowest BCUT2D eigenvalue weighted by Crippen LogP contribution is -2.32. The molecule has 0 aromatic heterocycles. The number of hydrogen-bond donors (Lipinski definition) is 1. The fraction of sp³-hybridized carbons (Fsp3) is 0.273. The molecule has 3 rings (SSSR count). The van der Waals surface area contributed by atoms with Gasteiger partial charge in [0.15, 0.2) is 0 Å². The maximum atomic E-state index is 12.9. The average Bonchev–Trinajstić information content (AvgIpc) is 3.11. The van der Waals surface area contributed by atoms with Gasteiger partial charge in [0, 0.05) is 37.5 Å². The van der Waals surface area contributed by atoms with Crippen LogP contribution in [0.4, 0.5) is 11.4 Å². The van der Waals surface area contributed by atoms with E-state index in [9.17, 15) is 9.59 Å². The first kappa shape index (κ1) is 18.9. The Morgan fingerprint density at radius 3 is 2.67 bits per heavy atom. The van der Waals surface area contributed by atoms with Gasteiger partial charge in [0.1, 0.15) is 0 Å². The predicted octanol–water partition coefficient (Wildman–Crippen LogP) is 2.99. The number of carbonyl (C=O) groups excluding carboxylic acids is 2. The van der Waals surface area contributed by atoms with Gasteiger partial charge in [0.25, 0.3) is 5.91 Å². The molecule has 0 saturated carbocycles. The monoisotopic (exact) mass is 363 g/mol. The lowest BCUT2D eigenvalue weighted by atomic mass is 10.1. The number of hydrogen-bond acceptors (Lipinski definition) is 3. The van der Waals surface area contributed by atoms with Crippen LogP contribution >= 0.6 is 0 Å². The zero-order chi connectivity index (χ0) is 19.2. The van der Waals surface area contributed by atoms with Crippen LogP contribution in [0.2, 0.25) is 0 Å². The van der Waals surface area contributed by atoms with Gasteiger partial charge in [-0.1, -0.05) is 36.4 Å². The first-order valence-corrected chi connectivity index (χ1v) is 9.26. The smallest absolute Gasteiger partial charge is 0.250 e. The van der Waals surface area contributed by atoms with Crippen LogP contribution in [0.25, 0.3) is 6.08 Å². The van der Waals surface area contributed by atoms with Crippen LogP contribution in [0, 0.1) is 0 Å². The number of rotatable bonds is 6. The van der Waals surface area contributed by atoms with Gasteiger partial charge in [0.05, 0.1) is 0 Å². The van der Waals surface area contributed by atoms with Crippen LogP contribution in [-0.4, -0.2) is 31.4 Å². The molecule has 2 amide bonds. The van der Waals surface area contributed by atoms with Gasteiger partial charge in [-0.05, 0) is 48.7 Å². The molecule has 0 aliphatic carbocycles. The van der Waals surface area contributed by atoms with Gasteiger partial charge in [-0.3, -0.25) is 9.59 Å². The van der Waals surface area contributed by atoms with Crippen molar-refractivity contribution in [3.8, 4) is 0 Å². The van der Waals surface area contributed by atoms with Gasteiger partial charge in [0.2, 0.25) is 5.91 Å². The van der Waals surface area contributed by atoms with Gasteiger partial charge < -0.3 is 15.5 Å². The van der Waals surface area contributed by atoms with Crippen molar-refractivity contribution in [2.75, 3.05) is 29.4 Å². The first-order valence-electron chi connectivity index (χ1n) is 9.26. The highest BCUT2D eigenvalue weighted by Crippen LogP contribution is 2.32. The summed E-state index contributed by atoms with van der Waals surface area (Å²) in [6, 6.07) is 15.6. The van der Waals surface area contributed by atoms with E-state index in [1.807, 2.05) is 54.6 Å². The molecule has 0 spiro atoms. The van der Waals surface area contributed by atoms with Gasteiger partial charge in [-0.2, -0.15) is 0 Å². The van der Waals surface area contributed by atoms with Crippen LogP contribution in [-0.2, 0) is 16.0 Å². The van der Waals surface area contributed by atoms with E-state index in [4.69, 9.17) is 5.73 Å². The Kier molecular flexibility index (Phi) is 6.04. The summed E-state index contributed by atoms with van der Waals surface area (Å²) in [6.45, 7) is 3.31. The highest BCUT2D eigenvalue weighted by molar-refractivity contribution is 6.04. The summed E-state index contributed by atoms with van der Waals surface area (Å²) in [7, 11) is 0. The zero-order valence-electron chi connectivity index (χ0n) is 15.6. The van der Waals surface area contributed by atoms with Crippen molar-refractivity contribution in [2.45, 2.75) is 19.8 Å². The summed E-state index contributed by atoms with van der Waals surface area (Å²) in [5, 5.41) is 0. The Hall–Kier alpha value is -2.92. The minimum absolute atomic E-state index is 0.0229. The summed E-state index contributed by atoms with van der Waals surface area (Å²) in [5.74, 6) is -0.0747. The molecule has 5 nitrogen and oxygen atoms in total. The van der Waals surface area contributed by atoms with Crippen molar-refractivity contribution < 1.29 is 9.59 Å². The third kappa shape index (κ3) is 4.44. The van der Waals surface area contributed by atoms with Crippen LogP contribution in [0.5, 0.6) is 0 Å². The molecule has 1 heterocycles. The molecule has 0 unspecified atom stereocenters. The molecular formula is C22H25N3O2. The van der Waals surface area contributed by atoms with Crippen LogP contribution in [0.1, 0.15) is 24.5 Å². The average molecular weight is 363 g/mol. The SMILES string of the molecule is CC(=O)N1CCc2ccc(N(CCCN)C(=O)C=Cc3ccccc3)cc21. The van der Waals surface area contributed by atoms with Crippen molar-refractivity contribution in [1.29, 1.82) is 0 Å². The van der Waals surface area contributed by atoms with E-state index < -0.39 is 0 Å². The van der Waals surface area contributed by atoms with E-state index in [1.54, 1.807) is 22.8 Å². The first-order chi connectivity index (χ1) is 13.1. The minimum Gasteiger partial charge on any atom is -0.330 e. The van der Waals surface area contributed by atoms with Gasteiger partial charge in [-0.25, -0.2) is 0 Å². The Morgan fingerprint density at radius 2 is 1.96 bits per heavy atom. The Morgan fingerprint density at radius 1 is 1.19 bits per heavy atom. The van der Waals surface area contributed by atoms with Gasteiger partial charge >= 0.3 is 0 Å². The molecule has 0 fully saturated rings. The van der Waals surface area contributed by atoms with E-state index >= 15 is 0 Å². The summed E-state index contributed by atoms with van der Waals surface area (Å²) < 4.78 is 0. The van der Waals surface area contributed by atoms with E-state index in [-0.39, 0.29) is 11.8 Å². The molecule has 0 saturated heterocycles. The minimum atomic E-state index is -0.0976. The quantitative estimate of drug-likeness (QED) is 0.803. The molecule has 2 aromatic carbocycles. The second-order valence-corrected chi connectivity index (χ2v) is 6.61. The zero-order valence-corrected chi connectivity index (χ0v) is 15.6. The second-order valence-electron chi connectivity index (χ2n) is 6.61. The maximum Gasteiger partial charge on any atom is 0.250 e. The molecular weight excluding hydrogens is 338 g/mol. The van der Waals surface area contributed by atoms with Crippen molar-refractivity contribution in [1.82, 2.24) is 0 Å². The number of carbonyl (C=O) groups is 2. The van der Waals surface area contributed by atoms with Crippen LogP contribution in [0.15, 0.2) is 54.6 Å². The van der Waals surface area contributed by atoms with E-state index in [2.05, 4.69) is 0 Å². The lowest BCUT2D eigenvalue weighted by molar-refractivity contribution is -0.116. The lowest BCUT2D eigenvalue weighted by Gasteiger charge is -2.23. The Bertz CT molecular complexity index is 846. The molecule has 27 heavy (non-hydrogen) atoms. The third-order valence-corrected chi connectivity index (χ3v) is 4.73. The maximum absolute atomic E-state index is 12.9. The van der Waals surface area contributed by atoms with Crippen LogP contribution in [0.3, 0.4) is 0 Å². The largest absolute Gasteiger partial charge is 0.330 e. The highest BCUT2D eigenvalue weighted by Gasteiger charge is 2.24. The second kappa shape index (κ2) is 8.64. The number of anilines is 2. The van der Waals surface area contributed by atoms with Crippen molar-refractivity contribution in [3.63, 3.8) is 0 Å². The van der Waals surface area contributed by atoms with Crippen LogP contribution < -0.4 is 15.5 Å². The number of benzene rings is 2. The molecule has 0 atom stereocenters. The highest BCUT2D eigenvalue weighted by atomic mass is 16.2. The molecule has 1 aliphatic rings. The van der Waals surface area contributed by atoms with Crippen molar-refractivity contribution in [3.05, 3.63) is 65.7 Å².